The van der Waals surface area contributed by atoms with Crippen LogP contribution in [0.25, 0.3) is 16.9 Å². The summed E-state index contributed by atoms with van der Waals surface area (Å²) < 4.78 is 16.6. The number of nitrogens with two attached hydrogens (primary N) is 1. The minimum atomic E-state index is -0.873. The molecule has 29 heavy (non-hydrogen) atoms. The van der Waals surface area contributed by atoms with E-state index in [1.807, 2.05) is 18.2 Å². The first kappa shape index (κ1) is 18.0. The highest BCUT2D eigenvalue weighted by Gasteiger charge is 2.33. The second kappa shape index (κ2) is 6.77. The van der Waals surface area contributed by atoms with Crippen LogP contribution in [-0.2, 0) is 0 Å². The number of fused-ring (bicyclic) bond motifs is 3. The number of nitrogen functional groups attached to an aromatic ring is 1. The predicted molar refractivity (Wildman–Crippen MR) is 107 cm³/mol. The van der Waals surface area contributed by atoms with Crippen molar-refractivity contribution in [1.82, 2.24) is 24.4 Å². The number of halogens is 1. The maximum absolute atomic E-state index is 14.0. The van der Waals surface area contributed by atoms with Crippen LogP contribution in [-0.4, -0.2) is 31.2 Å². The molecule has 4 heterocycles. The third-order valence-electron chi connectivity index (χ3n) is 5.97. The SMILES string of the molecule is Nc1nc(=O)n(-c2nc3ccccc3n(C3C[C@H]4CCC[C@@H](C3)N4)c2=O)cc1F. The minimum Gasteiger partial charge on any atom is -0.381 e. The lowest BCUT2D eigenvalue weighted by molar-refractivity contribution is 0.188. The van der Waals surface area contributed by atoms with Crippen molar-refractivity contribution in [2.75, 3.05) is 5.73 Å². The highest BCUT2D eigenvalue weighted by atomic mass is 19.1. The van der Waals surface area contributed by atoms with Gasteiger partial charge < -0.3 is 15.6 Å². The van der Waals surface area contributed by atoms with Crippen LogP contribution < -0.4 is 22.3 Å². The van der Waals surface area contributed by atoms with Gasteiger partial charge >= 0.3 is 5.69 Å². The summed E-state index contributed by atoms with van der Waals surface area (Å²) in [6.07, 6.45) is 5.90. The molecule has 2 aromatic heterocycles. The Labute approximate surface area is 165 Å². The number of benzene rings is 1. The fourth-order valence-corrected chi connectivity index (χ4v) is 4.70. The zero-order valence-corrected chi connectivity index (χ0v) is 15.7. The number of nitrogens with one attached hydrogen (secondary N) is 1. The molecule has 0 saturated carbocycles. The van der Waals surface area contributed by atoms with E-state index in [4.69, 9.17) is 5.73 Å². The number of aromatic nitrogens is 4. The van der Waals surface area contributed by atoms with E-state index in [0.717, 1.165) is 36.4 Å². The van der Waals surface area contributed by atoms with Crippen molar-refractivity contribution in [2.45, 2.75) is 50.2 Å². The number of hydrogen-bond donors (Lipinski definition) is 2. The highest BCUT2D eigenvalue weighted by molar-refractivity contribution is 5.75. The second-order valence-corrected chi connectivity index (χ2v) is 7.84. The van der Waals surface area contributed by atoms with Gasteiger partial charge in [0.1, 0.15) is 0 Å². The molecule has 0 radical (unpaired) electrons. The molecular formula is C20H21FN6O2. The van der Waals surface area contributed by atoms with E-state index in [9.17, 15) is 14.0 Å². The lowest BCUT2D eigenvalue weighted by Crippen LogP contribution is -2.50. The normalized spacial score (nSPS) is 24.0. The molecule has 2 aliphatic heterocycles. The number of nitrogens with zero attached hydrogens (tertiary/aromatic N) is 4. The Balaban J connectivity index is 1.74. The van der Waals surface area contributed by atoms with Crippen molar-refractivity contribution in [1.29, 1.82) is 0 Å². The summed E-state index contributed by atoms with van der Waals surface area (Å²) in [6.45, 7) is 0. The molecule has 1 unspecified atom stereocenters. The molecule has 0 aliphatic carbocycles. The van der Waals surface area contributed by atoms with Gasteiger partial charge in [-0.05, 0) is 37.8 Å². The zero-order valence-electron chi connectivity index (χ0n) is 15.7. The van der Waals surface area contributed by atoms with Gasteiger partial charge in [-0.25, -0.2) is 18.7 Å². The van der Waals surface area contributed by atoms with Crippen molar-refractivity contribution in [3.05, 3.63) is 57.1 Å². The maximum atomic E-state index is 14.0. The second-order valence-electron chi connectivity index (χ2n) is 7.84. The van der Waals surface area contributed by atoms with E-state index in [1.165, 1.54) is 6.42 Å². The quantitative estimate of drug-likeness (QED) is 0.680. The van der Waals surface area contributed by atoms with Gasteiger partial charge in [0.05, 0.1) is 17.2 Å². The van der Waals surface area contributed by atoms with Crippen molar-refractivity contribution in [3.8, 4) is 5.82 Å². The topological polar surface area (TPSA) is 108 Å². The summed E-state index contributed by atoms with van der Waals surface area (Å²) in [5.41, 5.74) is 5.40. The van der Waals surface area contributed by atoms with Gasteiger partial charge in [-0.3, -0.25) is 4.79 Å². The minimum absolute atomic E-state index is 0.0204. The standard InChI is InChI=1S/C20H21FN6O2/c21-14-10-26(20(29)25-17(14)22)18-19(28)27(16-7-2-1-6-15(16)24-18)13-8-11-4-3-5-12(9-13)23-11/h1-2,6-7,10-13,23H,3-5,8-9H2,(H2,22,25,29)/t11-,12+,13?. The molecule has 3 aromatic rings. The van der Waals surface area contributed by atoms with Crippen molar-refractivity contribution < 1.29 is 4.39 Å². The molecule has 1 aromatic carbocycles. The Morgan fingerprint density at radius 1 is 1.10 bits per heavy atom. The third kappa shape index (κ3) is 3.02. The smallest absolute Gasteiger partial charge is 0.355 e. The molecule has 2 aliphatic rings. The van der Waals surface area contributed by atoms with Gasteiger partial charge in [-0.1, -0.05) is 18.6 Å². The first-order valence-electron chi connectivity index (χ1n) is 9.83. The summed E-state index contributed by atoms with van der Waals surface area (Å²) in [5.74, 6) is -1.54. The first-order chi connectivity index (χ1) is 14.0. The Morgan fingerprint density at radius 2 is 1.83 bits per heavy atom. The highest BCUT2D eigenvalue weighted by Crippen LogP contribution is 2.33. The Hall–Kier alpha value is -3.07. The fourth-order valence-electron chi connectivity index (χ4n) is 4.70. The van der Waals surface area contributed by atoms with Crippen LogP contribution in [0, 0.1) is 5.82 Å². The number of anilines is 1. The number of hydrogen-bond acceptors (Lipinski definition) is 6. The van der Waals surface area contributed by atoms with Gasteiger partial charge in [0, 0.05) is 18.1 Å². The summed E-state index contributed by atoms with van der Waals surface area (Å²) in [5, 5.41) is 3.63. The molecule has 2 bridgehead atoms. The summed E-state index contributed by atoms with van der Waals surface area (Å²) in [6, 6.07) is 8.03. The lowest BCUT2D eigenvalue weighted by atomic mass is 9.84. The van der Waals surface area contributed by atoms with Crippen LogP contribution in [0.15, 0.2) is 40.1 Å². The maximum Gasteiger partial charge on any atom is 0.355 e. The average molecular weight is 396 g/mol. The van der Waals surface area contributed by atoms with E-state index < -0.39 is 22.9 Å². The van der Waals surface area contributed by atoms with E-state index >= 15 is 0 Å². The molecule has 8 nitrogen and oxygen atoms in total. The van der Waals surface area contributed by atoms with E-state index in [2.05, 4.69) is 15.3 Å². The Kier molecular flexibility index (Phi) is 4.20. The van der Waals surface area contributed by atoms with Gasteiger partial charge in [-0.15, -0.1) is 0 Å². The molecule has 2 fully saturated rings. The van der Waals surface area contributed by atoms with Crippen LogP contribution in [0.4, 0.5) is 10.2 Å². The number of rotatable bonds is 2. The van der Waals surface area contributed by atoms with Gasteiger partial charge in [-0.2, -0.15) is 4.98 Å². The monoisotopic (exact) mass is 396 g/mol. The molecular weight excluding hydrogens is 375 g/mol. The average Bonchev–Trinajstić information content (AvgIpc) is 2.70. The van der Waals surface area contributed by atoms with Crippen molar-refractivity contribution in [3.63, 3.8) is 0 Å². The Bertz CT molecular complexity index is 1210. The molecule has 2 saturated heterocycles. The van der Waals surface area contributed by atoms with Crippen LogP contribution in [0.3, 0.4) is 0 Å². The Morgan fingerprint density at radius 3 is 2.59 bits per heavy atom. The van der Waals surface area contributed by atoms with E-state index in [1.54, 1.807) is 10.6 Å². The molecule has 9 heteroatoms. The molecule has 0 amide bonds. The van der Waals surface area contributed by atoms with Crippen LogP contribution in [0.1, 0.15) is 38.1 Å². The van der Waals surface area contributed by atoms with E-state index in [0.29, 0.717) is 23.1 Å². The third-order valence-corrected chi connectivity index (χ3v) is 5.97. The van der Waals surface area contributed by atoms with Crippen molar-refractivity contribution in [2.24, 2.45) is 0 Å². The molecule has 0 spiro atoms. The van der Waals surface area contributed by atoms with Gasteiger partial charge in [0.15, 0.2) is 11.6 Å². The van der Waals surface area contributed by atoms with Crippen LogP contribution in [0.2, 0.25) is 0 Å². The van der Waals surface area contributed by atoms with Crippen LogP contribution in [0.5, 0.6) is 0 Å². The molecule has 5 rings (SSSR count). The number of para-hydroxylation sites is 2. The van der Waals surface area contributed by atoms with Gasteiger partial charge in [0.2, 0.25) is 5.82 Å². The summed E-state index contributed by atoms with van der Waals surface area (Å²) >= 11 is 0. The molecule has 3 N–H and O–H groups in total. The van der Waals surface area contributed by atoms with Gasteiger partial charge in [0.25, 0.3) is 5.56 Å². The number of piperidine rings is 2. The zero-order chi connectivity index (χ0) is 20.1. The largest absolute Gasteiger partial charge is 0.381 e. The lowest BCUT2D eigenvalue weighted by Gasteiger charge is -2.41. The molecule has 150 valence electrons. The molecule has 3 atom stereocenters. The summed E-state index contributed by atoms with van der Waals surface area (Å²) in [7, 11) is 0. The first-order valence-corrected chi connectivity index (χ1v) is 9.83. The fraction of sp³-hybridized carbons (Fsp3) is 0.400. The van der Waals surface area contributed by atoms with Crippen molar-refractivity contribution >= 4 is 16.9 Å². The van der Waals surface area contributed by atoms with E-state index in [-0.39, 0.29) is 11.9 Å². The summed E-state index contributed by atoms with van der Waals surface area (Å²) in [4.78, 5) is 33.7. The predicted octanol–water partition coefficient (Wildman–Crippen LogP) is 1.51. The van der Waals surface area contributed by atoms with Crippen LogP contribution >= 0.6 is 0 Å².